The maximum Gasteiger partial charge on any atom is 0.129 e. The standard InChI is InChI=1S/C21H24N2O/c1-21(2,3)17-10-7-9-16(20(17)24)14-23(4)19-13-12-15-8-5-6-11-18(15)22-19/h5-13,24H,14H2,1-4H3. The Morgan fingerprint density at radius 2 is 1.71 bits per heavy atom. The molecule has 2 aromatic carbocycles. The van der Waals surface area contributed by atoms with Gasteiger partial charge in [0.2, 0.25) is 0 Å². The highest BCUT2D eigenvalue weighted by atomic mass is 16.3. The van der Waals surface area contributed by atoms with Gasteiger partial charge in [0.1, 0.15) is 11.6 Å². The van der Waals surface area contributed by atoms with Crippen molar-refractivity contribution in [3.8, 4) is 5.75 Å². The van der Waals surface area contributed by atoms with Gasteiger partial charge < -0.3 is 10.0 Å². The first-order valence-corrected chi connectivity index (χ1v) is 8.24. The van der Waals surface area contributed by atoms with Crippen LogP contribution in [0.1, 0.15) is 31.9 Å². The average Bonchev–Trinajstić information content (AvgIpc) is 2.55. The Bertz CT molecular complexity index is 865. The monoisotopic (exact) mass is 320 g/mol. The van der Waals surface area contributed by atoms with Crippen molar-refractivity contribution >= 4 is 16.7 Å². The number of nitrogens with zero attached hydrogens (tertiary/aromatic N) is 2. The smallest absolute Gasteiger partial charge is 0.129 e. The van der Waals surface area contributed by atoms with Crippen LogP contribution in [0.3, 0.4) is 0 Å². The molecule has 0 radical (unpaired) electrons. The molecule has 0 amide bonds. The summed E-state index contributed by atoms with van der Waals surface area (Å²) in [5.41, 5.74) is 2.79. The highest BCUT2D eigenvalue weighted by molar-refractivity contribution is 5.80. The highest BCUT2D eigenvalue weighted by Gasteiger charge is 2.20. The second-order valence-corrected chi connectivity index (χ2v) is 7.28. The van der Waals surface area contributed by atoms with E-state index < -0.39 is 0 Å². The molecule has 0 saturated heterocycles. The third kappa shape index (κ3) is 3.21. The molecule has 3 rings (SSSR count). The van der Waals surface area contributed by atoms with E-state index in [4.69, 9.17) is 4.98 Å². The molecule has 0 unspecified atom stereocenters. The van der Waals surface area contributed by atoms with Gasteiger partial charge in [-0.05, 0) is 29.2 Å². The second-order valence-electron chi connectivity index (χ2n) is 7.28. The Morgan fingerprint density at radius 3 is 2.46 bits per heavy atom. The van der Waals surface area contributed by atoms with Crippen LogP contribution in [0.25, 0.3) is 10.9 Å². The van der Waals surface area contributed by atoms with E-state index in [2.05, 4.69) is 37.8 Å². The van der Waals surface area contributed by atoms with Crippen molar-refractivity contribution < 1.29 is 5.11 Å². The molecule has 1 heterocycles. The van der Waals surface area contributed by atoms with Gasteiger partial charge in [0.25, 0.3) is 0 Å². The fourth-order valence-electron chi connectivity index (χ4n) is 2.93. The molecule has 0 atom stereocenters. The predicted molar refractivity (Wildman–Crippen MR) is 101 cm³/mol. The van der Waals surface area contributed by atoms with E-state index in [0.717, 1.165) is 27.8 Å². The first-order valence-electron chi connectivity index (χ1n) is 8.24. The number of aromatic nitrogens is 1. The van der Waals surface area contributed by atoms with Crippen molar-refractivity contribution in [2.75, 3.05) is 11.9 Å². The maximum absolute atomic E-state index is 10.6. The highest BCUT2D eigenvalue weighted by Crippen LogP contribution is 2.34. The van der Waals surface area contributed by atoms with Gasteiger partial charge in [0.15, 0.2) is 0 Å². The van der Waals surface area contributed by atoms with Crippen molar-refractivity contribution in [1.29, 1.82) is 0 Å². The largest absolute Gasteiger partial charge is 0.507 e. The number of phenolic OH excluding ortho intramolecular Hbond substituents is 1. The number of fused-ring (bicyclic) bond motifs is 1. The van der Waals surface area contributed by atoms with Crippen LogP contribution in [0.4, 0.5) is 5.82 Å². The van der Waals surface area contributed by atoms with Gasteiger partial charge in [-0.3, -0.25) is 0 Å². The first-order chi connectivity index (χ1) is 11.4. The van der Waals surface area contributed by atoms with E-state index in [1.165, 1.54) is 0 Å². The number of anilines is 1. The summed E-state index contributed by atoms with van der Waals surface area (Å²) in [7, 11) is 2.00. The number of hydrogen-bond donors (Lipinski definition) is 1. The third-order valence-electron chi connectivity index (χ3n) is 4.31. The lowest BCUT2D eigenvalue weighted by atomic mass is 9.85. The minimum absolute atomic E-state index is 0.0835. The van der Waals surface area contributed by atoms with Gasteiger partial charge in [-0.15, -0.1) is 0 Å². The van der Waals surface area contributed by atoms with E-state index in [1.54, 1.807) is 0 Å². The van der Waals surface area contributed by atoms with Crippen LogP contribution in [0.5, 0.6) is 5.75 Å². The molecule has 3 nitrogen and oxygen atoms in total. The molecule has 0 aliphatic rings. The van der Waals surface area contributed by atoms with Gasteiger partial charge >= 0.3 is 0 Å². The fraction of sp³-hybridized carbons (Fsp3) is 0.286. The summed E-state index contributed by atoms with van der Waals surface area (Å²) in [6.45, 7) is 6.95. The number of benzene rings is 2. The Kier molecular flexibility index (Phi) is 4.18. The molecule has 0 bridgehead atoms. The fourth-order valence-corrected chi connectivity index (χ4v) is 2.93. The summed E-state index contributed by atoms with van der Waals surface area (Å²) >= 11 is 0. The molecule has 24 heavy (non-hydrogen) atoms. The van der Waals surface area contributed by atoms with Gasteiger partial charge in [0.05, 0.1) is 5.52 Å². The van der Waals surface area contributed by atoms with Crippen molar-refractivity contribution in [3.05, 3.63) is 65.7 Å². The minimum Gasteiger partial charge on any atom is -0.507 e. The number of aromatic hydroxyl groups is 1. The SMILES string of the molecule is CN(Cc1cccc(C(C)(C)C)c1O)c1ccc2ccccc2n1. The zero-order valence-corrected chi connectivity index (χ0v) is 14.7. The van der Waals surface area contributed by atoms with Crippen molar-refractivity contribution in [2.24, 2.45) is 0 Å². The number of pyridine rings is 1. The second kappa shape index (κ2) is 6.16. The van der Waals surface area contributed by atoms with Gasteiger partial charge in [-0.25, -0.2) is 4.98 Å². The van der Waals surface area contributed by atoms with Crippen LogP contribution >= 0.6 is 0 Å². The van der Waals surface area contributed by atoms with Crippen molar-refractivity contribution in [2.45, 2.75) is 32.7 Å². The molecule has 0 spiro atoms. The van der Waals surface area contributed by atoms with E-state index in [-0.39, 0.29) is 5.41 Å². The third-order valence-corrected chi connectivity index (χ3v) is 4.31. The summed E-state index contributed by atoms with van der Waals surface area (Å²) in [4.78, 5) is 6.78. The molecule has 1 aromatic heterocycles. The number of para-hydroxylation sites is 2. The Balaban J connectivity index is 1.90. The number of hydrogen-bond acceptors (Lipinski definition) is 3. The molecule has 3 heteroatoms. The molecule has 3 aromatic rings. The number of rotatable bonds is 3. The summed E-state index contributed by atoms with van der Waals surface area (Å²) in [6.07, 6.45) is 0. The van der Waals surface area contributed by atoms with Crippen LogP contribution in [-0.4, -0.2) is 17.1 Å². The maximum atomic E-state index is 10.6. The van der Waals surface area contributed by atoms with Gasteiger partial charge in [0, 0.05) is 24.5 Å². The Hall–Kier alpha value is -2.55. The molecular weight excluding hydrogens is 296 g/mol. The number of phenols is 1. The van der Waals surface area contributed by atoms with E-state index in [9.17, 15) is 5.11 Å². The van der Waals surface area contributed by atoms with E-state index in [1.807, 2.05) is 49.5 Å². The Morgan fingerprint density at radius 1 is 0.958 bits per heavy atom. The van der Waals surface area contributed by atoms with E-state index in [0.29, 0.717) is 12.3 Å². The summed E-state index contributed by atoms with van der Waals surface area (Å²) in [5.74, 6) is 1.28. The summed E-state index contributed by atoms with van der Waals surface area (Å²) in [6, 6.07) is 18.2. The Labute approximate surface area is 143 Å². The minimum atomic E-state index is -0.0835. The van der Waals surface area contributed by atoms with Crippen LogP contribution in [0.2, 0.25) is 0 Å². The van der Waals surface area contributed by atoms with Crippen molar-refractivity contribution in [3.63, 3.8) is 0 Å². The quantitative estimate of drug-likeness (QED) is 0.747. The first kappa shape index (κ1) is 16.3. The lowest BCUT2D eigenvalue weighted by Gasteiger charge is -2.24. The molecule has 1 N–H and O–H groups in total. The molecule has 124 valence electrons. The average molecular weight is 320 g/mol. The molecule has 0 saturated carbocycles. The summed E-state index contributed by atoms with van der Waals surface area (Å²) < 4.78 is 0. The zero-order chi connectivity index (χ0) is 17.3. The normalized spacial score (nSPS) is 11.7. The topological polar surface area (TPSA) is 36.4 Å². The molecule has 0 fully saturated rings. The summed E-state index contributed by atoms with van der Waals surface area (Å²) in [5, 5.41) is 11.8. The van der Waals surface area contributed by atoms with Crippen LogP contribution in [-0.2, 0) is 12.0 Å². The van der Waals surface area contributed by atoms with Crippen molar-refractivity contribution in [1.82, 2.24) is 4.98 Å². The lowest BCUT2D eigenvalue weighted by molar-refractivity contribution is 0.440. The van der Waals surface area contributed by atoms with Crippen LogP contribution in [0, 0.1) is 0 Å². The van der Waals surface area contributed by atoms with Crippen LogP contribution < -0.4 is 4.90 Å². The molecule has 0 aliphatic carbocycles. The van der Waals surface area contributed by atoms with Gasteiger partial charge in [-0.2, -0.15) is 0 Å². The molecular formula is C21H24N2O. The van der Waals surface area contributed by atoms with Crippen LogP contribution in [0.15, 0.2) is 54.6 Å². The van der Waals surface area contributed by atoms with Gasteiger partial charge in [-0.1, -0.05) is 57.2 Å². The lowest BCUT2D eigenvalue weighted by Crippen LogP contribution is -2.19. The molecule has 0 aliphatic heterocycles. The predicted octanol–water partition coefficient (Wildman–Crippen LogP) is 4.87. The van der Waals surface area contributed by atoms with E-state index >= 15 is 0 Å². The zero-order valence-electron chi connectivity index (χ0n) is 14.7.